The van der Waals surface area contributed by atoms with Crippen LogP contribution in [-0.2, 0) is 14.3 Å². The van der Waals surface area contributed by atoms with Crippen LogP contribution in [0.2, 0.25) is 0 Å². The summed E-state index contributed by atoms with van der Waals surface area (Å²) in [6.07, 6.45) is 0.732. The van der Waals surface area contributed by atoms with Crippen molar-refractivity contribution in [1.29, 1.82) is 0 Å². The molecule has 2 aromatic rings. The van der Waals surface area contributed by atoms with Crippen molar-refractivity contribution in [3.05, 3.63) is 70.4 Å². The number of ether oxygens (including phenoxy) is 2. The number of carbonyl (C=O) groups excluding carboxylic acids is 3. The van der Waals surface area contributed by atoms with E-state index in [0.717, 1.165) is 23.2 Å². The van der Waals surface area contributed by atoms with Crippen LogP contribution in [0.25, 0.3) is 0 Å². The number of allylic oxidation sites excluding steroid dienone is 1. The van der Waals surface area contributed by atoms with Crippen molar-refractivity contribution in [1.82, 2.24) is 10.2 Å². The van der Waals surface area contributed by atoms with Crippen LogP contribution < -0.4 is 16.0 Å². The van der Waals surface area contributed by atoms with Crippen LogP contribution in [-0.4, -0.2) is 49.8 Å². The summed E-state index contributed by atoms with van der Waals surface area (Å²) >= 11 is 0. The Hall–Kier alpha value is -3.85. The van der Waals surface area contributed by atoms with Gasteiger partial charge in [-0.2, -0.15) is 0 Å². The average molecular weight is 495 g/mol. The van der Waals surface area contributed by atoms with Crippen LogP contribution in [0, 0.1) is 13.8 Å². The van der Waals surface area contributed by atoms with Crippen molar-refractivity contribution < 1.29 is 23.9 Å². The average Bonchev–Trinajstić information content (AvgIpc) is 2.84. The second-order valence-corrected chi connectivity index (χ2v) is 8.63. The predicted octanol–water partition coefficient (Wildman–Crippen LogP) is 4.89. The Bertz CT molecular complexity index is 1140. The zero-order valence-electron chi connectivity index (χ0n) is 21.4. The lowest BCUT2D eigenvalue weighted by Gasteiger charge is -2.35. The summed E-state index contributed by atoms with van der Waals surface area (Å²) in [5.41, 5.74) is 4.71. The molecule has 4 amide bonds. The van der Waals surface area contributed by atoms with Crippen molar-refractivity contribution in [2.24, 2.45) is 0 Å². The molecule has 0 spiro atoms. The van der Waals surface area contributed by atoms with Crippen molar-refractivity contribution >= 4 is 29.4 Å². The summed E-state index contributed by atoms with van der Waals surface area (Å²) in [4.78, 5) is 40.2. The standard InChI is InChI=1S/C27H34N4O5/c1-6-13-31-19(4)22(25(32)36-15-14-35-5)24(30-27(31)34)20-11-8-12-21(16-20)28-26(33)29-23-17(2)9-7-10-18(23)3/h7-12,16,24H,6,13-15H2,1-5H3,(H,30,34)(H2,28,29,33). The molecule has 1 heterocycles. The lowest BCUT2D eigenvalue weighted by atomic mass is 9.94. The first-order chi connectivity index (χ1) is 17.3. The first-order valence-electron chi connectivity index (χ1n) is 12.0. The minimum atomic E-state index is -0.732. The topological polar surface area (TPSA) is 109 Å². The van der Waals surface area contributed by atoms with Crippen LogP contribution in [0.4, 0.5) is 21.0 Å². The quantitative estimate of drug-likeness (QED) is 0.340. The van der Waals surface area contributed by atoms with Gasteiger partial charge in [0, 0.05) is 30.7 Å². The van der Waals surface area contributed by atoms with Crippen LogP contribution >= 0.6 is 0 Å². The van der Waals surface area contributed by atoms with E-state index in [1.165, 1.54) is 7.11 Å². The van der Waals surface area contributed by atoms with E-state index in [-0.39, 0.29) is 19.2 Å². The molecule has 0 aliphatic carbocycles. The van der Waals surface area contributed by atoms with E-state index in [9.17, 15) is 14.4 Å². The zero-order valence-corrected chi connectivity index (χ0v) is 21.4. The van der Waals surface area contributed by atoms with E-state index in [1.807, 2.05) is 39.0 Å². The Labute approximate surface area is 211 Å². The number of aryl methyl sites for hydroxylation is 2. The van der Waals surface area contributed by atoms with Gasteiger partial charge in [-0.05, 0) is 56.0 Å². The molecule has 2 aromatic carbocycles. The Morgan fingerprint density at radius 1 is 1.03 bits per heavy atom. The molecular formula is C27H34N4O5. The van der Waals surface area contributed by atoms with E-state index in [0.29, 0.717) is 29.1 Å². The molecule has 36 heavy (non-hydrogen) atoms. The molecule has 0 radical (unpaired) electrons. The van der Waals surface area contributed by atoms with Crippen molar-refractivity contribution in [3.63, 3.8) is 0 Å². The molecule has 1 aliphatic heterocycles. The summed E-state index contributed by atoms with van der Waals surface area (Å²) in [5.74, 6) is -0.526. The number of esters is 1. The second kappa shape index (κ2) is 12.2. The van der Waals surface area contributed by atoms with E-state index >= 15 is 0 Å². The maximum Gasteiger partial charge on any atom is 0.338 e. The van der Waals surface area contributed by atoms with Crippen LogP contribution in [0.3, 0.4) is 0 Å². The highest BCUT2D eigenvalue weighted by molar-refractivity contribution is 6.01. The summed E-state index contributed by atoms with van der Waals surface area (Å²) in [5, 5.41) is 8.66. The molecule has 0 fully saturated rings. The van der Waals surface area contributed by atoms with Crippen molar-refractivity contribution in [2.45, 2.75) is 40.2 Å². The number of urea groups is 2. The highest BCUT2D eigenvalue weighted by Gasteiger charge is 2.36. The van der Waals surface area contributed by atoms with Gasteiger partial charge in [-0.25, -0.2) is 14.4 Å². The lowest BCUT2D eigenvalue weighted by Crippen LogP contribution is -2.48. The first kappa shape index (κ1) is 26.7. The Kier molecular flexibility index (Phi) is 9.08. The number of para-hydroxylation sites is 1. The summed E-state index contributed by atoms with van der Waals surface area (Å²) in [7, 11) is 1.53. The van der Waals surface area contributed by atoms with Gasteiger partial charge in [0.05, 0.1) is 18.2 Å². The third-order valence-electron chi connectivity index (χ3n) is 5.98. The van der Waals surface area contributed by atoms with Crippen LogP contribution in [0.5, 0.6) is 0 Å². The van der Waals surface area contributed by atoms with Gasteiger partial charge in [0.1, 0.15) is 6.61 Å². The second-order valence-electron chi connectivity index (χ2n) is 8.63. The molecule has 1 aliphatic rings. The fraction of sp³-hybridized carbons (Fsp3) is 0.370. The number of anilines is 2. The fourth-order valence-electron chi connectivity index (χ4n) is 4.17. The van der Waals surface area contributed by atoms with Gasteiger partial charge in [0.2, 0.25) is 0 Å². The number of nitrogens with zero attached hydrogens (tertiary/aromatic N) is 1. The van der Waals surface area contributed by atoms with Gasteiger partial charge >= 0.3 is 18.0 Å². The van der Waals surface area contributed by atoms with Gasteiger partial charge in [-0.1, -0.05) is 37.3 Å². The molecule has 0 bridgehead atoms. The highest BCUT2D eigenvalue weighted by Crippen LogP contribution is 2.32. The number of methoxy groups -OCH3 is 1. The van der Waals surface area contributed by atoms with Crippen LogP contribution in [0.15, 0.2) is 53.7 Å². The van der Waals surface area contributed by atoms with Gasteiger partial charge in [-0.15, -0.1) is 0 Å². The maximum atomic E-state index is 13.1. The first-order valence-corrected chi connectivity index (χ1v) is 12.0. The number of nitrogens with one attached hydrogen (secondary N) is 3. The van der Waals surface area contributed by atoms with E-state index in [4.69, 9.17) is 9.47 Å². The molecule has 1 unspecified atom stereocenters. The maximum absolute atomic E-state index is 13.1. The van der Waals surface area contributed by atoms with Gasteiger partial charge < -0.3 is 25.4 Å². The summed E-state index contributed by atoms with van der Waals surface area (Å²) in [6, 6.07) is 11.4. The Morgan fingerprint density at radius 3 is 2.39 bits per heavy atom. The monoisotopic (exact) mass is 494 g/mol. The van der Waals surface area contributed by atoms with Crippen molar-refractivity contribution in [3.8, 4) is 0 Å². The zero-order chi connectivity index (χ0) is 26.2. The van der Waals surface area contributed by atoms with Gasteiger partial charge in [-0.3, -0.25) is 4.90 Å². The predicted molar refractivity (Wildman–Crippen MR) is 139 cm³/mol. The van der Waals surface area contributed by atoms with E-state index in [1.54, 1.807) is 36.1 Å². The molecule has 0 saturated heterocycles. The van der Waals surface area contributed by atoms with Crippen molar-refractivity contribution in [2.75, 3.05) is 37.5 Å². The number of carbonyl (C=O) groups is 3. The molecule has 1 atom stereocenters. The fourth-order valence-corrected chi connectivity index (χ4v) is 4.17. The largest absolute Gasteiger partial charge is 0.460 e. The van der Waals surface area contributed by atoms with Gasteiger partial charge in [0.25, 0.3) is 0 Å². The number of rotatable bonds is 9. The minimum Gasteiger partial charge on any atom is -0.460 e. The SMILES string of the molecule is CCCN1C(=O)NC(c2cccc(NC(=O)Nc3c(C)cccc3C)c2)C(C(=O)OCCOC)=C1C. The smallest absolute Gasteiger partial charge is 0.338 e. The Morgan fingerprint density at radius 2 is 1.72 bits per heavy atom. The molecule has 3 N–H and O–H groups in total. The summed E-state index contributed by atoms with van der Waals surface area (Å²) in [6.45, 7) is 8.40. The molecule has 9 nitrogen and oxygen atoms in total. The lowest BCUT2D eigenvalue weighted by molar-refractivity contribution is -0.140. The molecule has 0 saturated carbocycles. The highest BCUT2D eigenvalue weighted by atomic mass is 16.6. The third kappa shape index (κ3) is 6.23. The molecule has 3 rings (SSSR count). The van der Waals surface area contributed by atoms with E-state index < -0.39 is 18.0 Å². The molecule has 192 valence electrons. The number of hydrogen-bond donors (Lipinski definition) is 3. The Balaban J connectivity index is 1.87. The normalized spacial score (nSPS) is 15.4. The number of hydrogen-bond acceptors (Lipinski definition) is 5. The minimum absolute atomic E-state index is 0.0979. The summed E-state index contributed by atoms with van der Waals surface area (Å²) < 4.78 is 10.4. The number of benzene rings is 2. The van der Waals surface area contributed by atoms with Gasteiger partial charge in [0.15, 0.2) is 0 Å². The molecule has 9 heteroatoms. The third-order valence-corrected chi connectivity index (χ3v) is 5.98. The number of amides is 4. The molecular weight excluding hydrogens is 460 g/mol. The van der Waals surface area contributed by atoms with E-state index in [2.05, 4.69) is 16.0 Å². The molecule has 0 aromatic heterocycles. The van der Waals surface area contributed by atoms with Crippen LogP contribution in [0.1, 0.15) is 43.0 Å².